The Bertz CT molecular complexity index is 1260. The molecule has 1 amide bonds. The van der Waals surface area contributed by atoms with E-state index in [0.29, 0.717) is 12.1 Å². The molecule has 0 bridgehead atoms. The van der Waals surface area contributed by atoms with E-state index in [-0.39, 0.29) is 5.91 Å². The van der Waals surface area contributed by atoms with Crippen molar-refractivity contribution in [3.05, 3.63) is 52.9 Å². The molecule has 2 fully saturated rings. The minimum absolute atomic E-state index is 0.197. The standard InChI is InChI=1S/C23H25N7OS/c1-15-5-9-32-21(15)23(31)28-7-3-17(4-8-28)29-12-18(13-29)30-11-16(10-27-30)20-19-2-6-24-22(19)26-14-25-20/h2,5-6,9-11,14,17-18H,3-4,7-8,12-13H2,1H3,(H,24,25,26). The monoisotopic (exact) mass is 447 g/mol. The summed E-state index contributed by atoms with van der Waals surface area (Å²) in [5.74, 6) is 0.197. The van der Waals surface area contributed by atoms with Gasteiger partial charge in [0.05, 0.1) is 22.8 Å². The maximum absolute atomic E-state index is 12.8. The highest BCUT2D eigenvalue weighted by atomic mass is 32.1. The average Bonchev–Trinajstić information content (AvgIpc) is 3.53. The van der Waals surface area contributed by atoms with Gasteiger partial charge in [0.2, 0.25) is 0 Å². The van der Waals surface area contributed by atoms with E-state index < -0.39 is 0 Å². The van der Waals surface area contributed by atoms with Gasteiger partial charge in [-0.1, -0.05) is 0 Å². The summed E-state index contributed by atoms with van der Waals surface area (Å²) in [5.41, 5.74) is 3.87. The van der Waals surface area contributed by atoms with Crippen LogP contribution in [0.25, 0.3) is 22.3 Å². The zero-order valence-corrected chi connectivity index (χ0v) is 18.8. The van der Waals surface area contributed by atoms with Crippen LogP contribution in [0.1, 0.15) is 34.1 Å². The van der Waals surface area contributed by atoms with E-state index in [2.05, 4.69) is 35.8 Å². The molecule has 2 aliphatic heterocycles. The van der Waals surface area contributed by atoms with Crippen LogP contribution in [0.2, 0.25) is 0 Å². The molecule has 0 aliphatic carbocycles. The molecule has 4 aromatic rings. The lowest BCUT2D eigenvalue weighted by Crippen LogP contribution is -2.56. The van der Waals surface area contributed by atoms with E-state index in [4.69, 9.17) is 0 Å². The van der Waals surface area contributed by atoms with Gasteiger partial charge >= 0.3 is 0 Å². The summed E-state index contributed by atoms with van der Waals surface area (Å²) in [6.07, 6.45) is 9.56. The van der Waals surface area contributed by atoms with E-state index in [0.717, 1.165) is 71.8 Å². The van der Waals surface area contributed by atoms with Crippen LogP contribution in [0.3, 0.4) is 0 Å². The minimum Gasteiger partial charge on any atom is -0.346 e. The molecule has 0 saturated carbocycles. The molecule has 6 rings (SSSR count). The Labute approximate surface area is 189 Å². The normalized spacial score (nSPS) is 18.3. The molecule has 9 heteroatoms. The zero-order chi connectivity index (χ0) is 21.7. The molecule has 2 saturated heterocycles. The van der Waals surface area contributed by atoms with Crippen molar-refractivity contribution >= 4 is 28.3 Å². The lowest BCUT2D eigenvalue weighted by molar-refractivity contribution is 0.0199. The van der Waals surface area contributed by atoms with Crippen molar-refractivity contribution in [2.45, 2.75) is 31.8 Å². The number of hydrogen-bond donors (Lipinski definition) is 1. The number of rotatable bonds is 4. The predicted molar refractivity (Wildman–Crippen MR) is 124 cm³/mol. The first-order valence-corrected chi connectivity index (χ1v) is 12.0. The van der Waals surface area contributed by atoms with E-state index in [9.17, 15) is 4.79 Å². The summed E-state index contributed by atoms with van der Waals surface area (Å²) in [5, 5.41) is 7.64. The number of aromatic nitrogens is 5. The molecule has 0 atom stereocenters. The number of fused-ring (bicyclic) bond motifs is 1. The summed E-state index contributed by atoms with van der Waals surface area (Å²) >= 11 is 1.55. The summed E-state index contributed by atoms with van der Waals surface area (Å²) in [6.45, 7) is 5.71. The van der Waals surface area contributed by atoms with Gasteiger partial charge in [0.1, 0.15) is 12.0 Å². The highest BCUT2D eigenvalue weighted by Gasteiger charge is 2.36. The van der Waals surface area contributed by atoms with Crippen LogP contribution in [-0.4, -0.2) is 72.7 Å². The molecule has 2 aliphatic rings. The molecule has 0 aromatic carbocycles. The molecule has 0 spiro atoms. The van der Waals surface area contributed by atoms with Gasteiger partial charge in [0.15, 0.2) is 0 Å². The Kier molecular flexibility index (Phi) is 4.80. The topological polar surface area (TPSA) is 82.9 Å². The van der Waals surface area contributed by atoms with E-state index in [1.165, 1.54) is 0 Å². The number of amides is 1. The highest BCUT2D eigenvalue weighted by molar-refractivity contribution is 7.12. The number of carbonyl (C=O) groups is 1. The summed E-state index contributed by atoms with van der Waals surface area (Å²) in [4.78, 5) is 30.1. The number of nitrogens with one attached hydrogen (secondary N) is 1. The highest BCUT2D eigenvalue weighted by Crippen LogP contribution is 2.31. The Hall–Kier alpha value is -3.04. The quantitative estimate of drug-likeness (QED) is 0.519. The van der Waals surface area contributed by atoms with Gasteiger partial charge in [-0.25, -0.2) is 9.97 Å². The van der Waals surface area contributed by atoms with Gasteiger partial charge in [0, 0.05) is 55.6 Å². The van der Waals surface area contributed by atoms with Crippen molar-refractivity contribution in [2.24, 2.45) is 0 Å². The molecule has 0 unspecified atom stereocenters. The number of thiophene rings is 1. The first-order valence-electron chi connectivity index (χ1n) is 11.1. The molecule has 0 radical (unpaired) electrons. The van der Waals surface area contributed by atoms with Crippen molar-refractivity contribution in [1.82, 2.24) is 34.5 Å². The maximum Gasteiger partial charge on any atom is 0.264 e. The first-order chi connectivity index (χ1) is 15.7. The number of piperidine rings is 1. The number of aryl methyl sites for hydroxylation is 1. The number of likely N-dealkylation sites (tertiary alicyclic amines) is 2. The van der Waals surface area contributed by atoms with Crippen molar-refractivity contribution in [2.75, 3.05) is 26.2 Å². The fourth-order valence-electron chi connectivity index (χ4n) is 4.89. The predicted octanol–water partition coefficient (Wildman–Crippen LogP) is 3.35. The second-order valence-corrected chi connectivity index (χ2v) is 9.65. The minimum atomic E-state index is 0.197. The molecule has 164 valence electrons. The molecule has 32 heavy (non-hydrogen) atoms. The number of H-pyrrole nitrogens is 1. The van der Waals surface area contributed by atoms with Gasteiger partial charge in [-0.2, -0.15) is 5.10 Å². The number of nitrogens with zero attached hydrogens (tertiary/aromatic N) is 6. The van der Waals surface area contributed by atoms with Crippen molar-refractivity contribution in [3.63, 3.8) is 0 Å². The van der Waals surface area contributed by atoms with Crippen LogP contribution in [0.4, 0.5) is 0 Å². The van der Waals surface area contributed by atoms with Crippen LogP contribution in [0.15, 0.2) is 42.4 Å². The third-order valence-electron chi connectivity index (χ3n) is 6.82. The molecule has 8 nitrogen and oxygen atoms in total. The molecule has 1 N–H and O–H groups in total. The second kappa shape index (κ2) is 7.83. The molecule has 6 heterocycles. The SMILES string of the molecule is Cc1ccsc1C(=O)N1CCC(N2CC(n3cc(-c4ncnc5[nH]ccc45)cn3)C2)CC1. The second-order valence-electron chi connectivity index (χ2n) is 8.74. The first kappa shape index (κ1) is 19.6. The van der Waals surface area contributed by atoms with Crippen molar-refractivity contribution in [1.29, 1.82) is 0 Å². The van der Waals surface area contributed by atoms with E-state index in [1.54, 1.807) is 17.7 Å². The summed E-state index contributed by atoms with van der Waals surface area (Å²) < 4.78 is 2.07. The lowest BCUT2D eigenvalue weighted by Gasteiger charge is -2.47. The Morgan fingerprint density at radius 3 is 2.78 bits per heavy atom. The smallest absolute Gasteiger partial charge is 0.264 e. The Morgan fingerprint density at radius 1 is 1.16 bits per heavy atom. The number of carbonyl (C=O) groups excluding carboxylic acids is 1. The number of hydrogen-bond acceptors (Lipinski definition) is 6. The van der Waals surface area contributed by atoms with Gasteiger partial charge < -0.3 is 9.88 Å². The fourth-order valence-corrected chi connectivity index (χ4v) is 5.78. The lowest BCUT2D eigenvalue weighted by atomic mass is 9.97. The summed E-state index contributed by atoms with van der Waals surface area (Å²) in [6, 6.07) is 4.97. The Balaban J connectivity index is 1.06. The van der Waals surface area contributed by atoms with Crippen molar-refractivity contribution < 1.29 is 4.79 Å². The van der Waals surface area contributed by atoms with Gasteiger partial charge in [-0.15, -0.1) is 11.3 Å². The molecular weight excluding hydrogens is 422 g/mol. The molecular formula is C23H25N7OS. The maximum atomic E-state index is 12.8. The van der Waals surface area contributed by atoms with E-state index in [1.807, 2.05) is 41.7 Å². The fraction of sp³-hybridized carbons (Fsp3) is 0.391. The van der Waals surface area contributed by atoms with Crippen molar-refractivity contribution in [3.8, 4) is 11.3 Å². The van der Waals surface area contributed by atoms with Crippen LogP contribution < -0.4 is 0 Å². The third-order valence-corrected chi connectivity index (χ3v) is 7.82. The summed E-state index contributed by atoms with van der Waals surface area (Å²) in [7, 11) is 0. The van der Waals surface area contributed by atoms with Crippen LogP contribution in [-0.2, 0) is 0 Å². The van der Waals surface area contributed by atoms with E-state index >= 15 is 0 Å². The van der Waals surface area contributed by atoms with Gasteiger partial charge in [-0.3, -0.25) is 14.4 Å². The molecule has 4 aromatic heterocycles. The number of aromatic amines is 1. The third kappa shape index (κ3) is 3.32. The zero-order valence-electron chi connectivity index (χ0n) is 17.9. The Morgan fingerprint density at radius 2 is 2.00 bits per heavy atom. The largest absolute Gasteiger partial charge is 0.346 e. The van der Waals surface area contributed by atoms with Gasteiger partial charge in [-0.05, 0) is 42.8 Å². The van der Waals surface area contributed by atoms with Crippen LogP contribution >= 0.6 is 11.3 Å². The average molecular weight is 448 g/mol. The van der Waals surface area contributed by atoms with Gasteiger partial charge in [0.25, 0.3) is 5.91 Å². The van der Waals surface area contributed by atoms with Crippen LogP contribution in [0, 0.1) is 6.92 Å². The van der Waals surface area contributed by atoms with Crippen LogP contribution in [0.5, 0.6) is 0 Å².